The van der Waals surface area contributed by atoms with Gasteiger partial charge < -0.3 is 10.5 Å². The quantitative estimate of drug-likeness (QED) is 0.846. The Labute approximate surface area is 137 Å². The van der Waals surface area contributed by atoms with Crippen LogP contribution in [0.5, 0.6) is 5.75 Å². The molecular formula is C18H26FN3O. The van der Waals surface area contributed by atoms with Gasteiger partial charge in [-0.2, -0.15) is 5.10 Å². The normalized spacial score (nSPS) is 14.1. The summed E-state index contributed by atoms with van der Waals surface area (Å²) >= 11 is 0. The number of halogens is 1. The molecule has 23 heavy (non-hydrogen) atoms. The lowest BCUT2D eigenvalue weighted by Crippen LogP contribution is -2.43. The van der Waals surface area contributed by atoms with E-state index in [0.29, 0.717) is 5.92 Å². The van der Waals surface area contributed by atoms with Crippen LogP contribution in [0.25, 0.3) is 11.1 Å². The highest BCUT2D eigenvalue weighted by molar-refractivity contribution is 5.68. The summed E-state index contributed by atoms with van der Waals surface area (Å²) in [5.41, 5.74) is 9.21. The van der Waals surface area contributed by atoms with Crippen LogP contribution in [0.3, 0.4) is 0 Å². The molecule has 1 aromatic heterocycles. The van der Waals surface area contributed by atoms with Crippen molar-refractivity contribution in [2.45, 2.75) is 46.6 Å². The van der Waals surface area contributed by atoms with Gasteiger partial charge >= 0.3 is 0 Å². The maximum atomic E-state index is 14.3. The van der Waals surface area contributed by atoms with Crippen LogP contribution >= 0.6 is 0 Å². The molecule has 0 spiro atoms. The maximum Gasteiger partial charge on any atom is 0.165 e. The van der Waals surface area contributed by atoms with Gasteiger partial charge in [0.1, 0.15) is 6.61 Å². The number of aromatic amines is 1. The highest BCUT2D eigenvalue weighted by Crippen LogP contribution is 2.29. The van der Waals surface area contributed by atoms with Crippen LogP contribution < -0.4 is 10.5 Å². The van der Waals surface area contributed by atoms with E-state index in [0.717, 1.165) is 28.9 Å². The Kier molecular flexibility index (Phi) is 5.09. The van der Waals surface area contributed by atoms with Gasteiger partial charge in [0.25, 0.3) is 0 Å². The van der Waals surface area contributed by atoms with Crippen molar-refractivity contribution >= 4 is 0 Å². The van der Waals surface area contributed by atoms with Crippen molar-refractivity contribution in [3.63, 3.8) is 0 Å². The van der Waals surface area contributed by atoms with E-state index < -0.39 is 5.54 Å². The molecule has 0 aliphatic rings. The number of aromatic nitrogens is 2. The second-order valence-corrected chi connectivity index (χ2v) is 6.99. The highest BCUT2D eigenvalue weighted by Gasteiger charge is 2.22. The summed E-state index contributed by atoms with van der Waals surface area (Å²) in [6, 6.07) is 4.98. The van der Waals surface area contributed by atoms with Gasteiger partial charge in [-0.1, -0.05) is 19.9 Å². The Balaban J connectivity index is 2.14. The van der Waals surface area contributed by atoms with E-state index in [-0.39, 0.29) is 18.2 Å². The Morgan fingerprint density at radius 3 is 2.57 bits per heavy atom. The van der Waals surface area contributed by atoms with Crippen LogP contribution in [0.4, 0.5) is 4.39 Å². The number of ether oxygens (including phenoxy) is 1. The third kappa shape index (κ3) is 4.32. The van der Waals surface area contributed by atoms with Crippen molar-refractivity contribution in [2.75, 3.05) is 6.61 Å². The number of benzene rings is 1. The van der Waals surface area contributed by atoms with Gasteiger partial charge in [0.2, 0.25) is 0 Å². The number of H-pyrrole nitrogens is 1. The molecule has 0 aliphatic carbocycles. The van der Waals surface area contributed by atoms with E-state index >= 15 is 0 Å². The van der Waals surface area contributed by atoms with Crippen LogP contribution in [-0.4, -0.2) is 22.3 Å². The van der Waals surface area contributed by atoms with Gasteiger partial charge in [0, 0.05) is 16.8 Å². The van der Waals surface area contributed by atoms with Crippen molar-refractivity contribution in [3.05, 3.63) is 35.4 Å². The van der Waals surface area contributed by atoms with Gasteiger partial charge in [0.05, 0.1) is 5.69 Å². The van der Waals surface area contributed by atoms with E-state index in [2.05, 4.69) is 24.0 Å². The number of hydrogen-bond donors (Lipinski definition) is 2. The van der Waals surface area contributed by atoms with Crippen LogP contribution in [-0.2, 0) is 0 Å². The Bertz CT molecular complexity index is 657. The number of nitrogens with two attached hydrogens (primary N) is 1. The van der Waals surface area contributed by atoms with Crippen LogP contribution in [0, 0.1) is 25.6 Å². The zero-order valence-corrected chi connectivity index (χ0v) is 14.5. The lowest BCUT2D eigenvalue weighted by molar-refractivity contribution is 0.200. The van der Waals surface area contributed by atoms with Gasteiger partial charge in [0.15, 0.2) is 11.6 Å². The average Bonchev–Trinajstić information content (AvgIpc) is 2.75. The minimum absolute atomic E-state index is 0.230. The van der Waals surface area contributed by atoms with Crippen LogP contribution in [0.2, 0.25) is 0 Å². The topological polar surface area (TPSA) is 63.9 Å². The molecule has 0 fully saturated rings. The summed E-state index contributed by atoms with van der Waals surface area (Å²) in [7, 11) is 0. The second kappa shape index (κ2) is 6.71. The average molecular weight is 319 g/mol. The number of hydrogen-bond acceptors (Lipinski definition) is 3. The molecule has 1 atom stereocenters. The summed E-state index contributed by atoms with van der Waals surface area (Å²) in [4.78, 5) is 0. The Morgan fingerprint density at radius 1 is 1.35 bits per heavy atom. The fourth-order valence-corrected chi connectivity index (χ4v) is 2.98. The fourth-order valence-electron chi connectivity index (χ4n) is 2.98. The summed E-state index contributed by atoms with van der Waals surface area (Å²) in [6.45, 7) is 10.2. The summed E-state index contributed by atoms with van der Waals surface area (Å²) < 4.78 is 20.0. The summed E-state index contributed by atoms with van der Waals surface area (Å²) in [5.74, 6) is 0.309. The summed E-state index contributed by atoms with van der Waals surface area (Å²) in [5, 5.41) is 7.06. The first-order valence-electron chi connectivity index (χ1n) is 7.93. The van der Waals surface area contributed by atoms with Gasteiger partial charge in [-0.3, -0.25) is 5.10 Å². The van der Waals surface area contributed by atoms with Gasteiger partial charge in [-0.15, -0.1) is 0 Å². The molecule has 0 bridgehead atoms. The van der Waals surface area contributed by atoms with E-state index in [4.69, 9.17) is 10.5 Å². The highest BCUT2D eigenvalue weighted by atomic mass is 19.1. The smallest absolute Gasteiger partial charge is 0.165 e. The number of rotatable bonds is 6. The molecule has 1 heterocycles. The predicted molar refractivity (Wildman–Crippen MR) is 91.0 cm³/mol. The maximum absolute atomic E-state index is 14.3. The molecule has 1 unspecified atom stereocenters. The standard InChI is InChI=1S/C18H26FN3O/c1-11(2)9-18(5,20)10-23-16-7-6-14(8-15(16)19)17-12(3)21-22-13(17)4/h6-8,11H,9-10,20H2,1-5H3,(H,21,22). The largest absolute Gasteiger partial charge is 0.489 e. The lowest BCUT2D eigenvalue weighted by atomic mass is 9.93. The first-order valence-corrected chi connectivity index (χ1v) is 7.93. The van der Waals surface area contributed by atoms with Crippen molar-refractivity contribution in [1.82, 2.24) is 10.2 Å². The molecule has 3 N–H and O–H groups in total. The Hall–Kier alpha value is -1.88. The SMILES string of the molecule is Cc1n[nH]c(C)c1-c1ccc(OCC(C)(N)CC(C)C)c(F)c1. The second-order valence-electron chi connectivity index (χ2n) is 6.99. The van der Waals surface area contributed by atoms with E-state index in [1.54, 1.807) is 6.07 Å². The molecule has 0 saturated carbocycles. The van der Waals surface area contributed by atoms with Crippen molar-refractivity contribution in [2.24, 2.45) is 11.7 Å². The molecule has 126 valence electrons. The van der Waals surface area contributed by atoms with E-state index in [1.807, 2.05) is 26.8 Å². The third-order valence-corrected chi connectivity index (χ3v) is 3.78. The minimum Gasteiger partial charge on any atom is -0.489 e. The molecule has 1 aromatic carbocycles. The molecule has 0 amide bonds. The number of nitrogens with zero attached hydrogens (tertiary/aromatic N) is 1. The molecular weight excluding hydrogens is 293 g/mol. The fraction of sp³-hybridized carbons (Fsp3) is 0.500. The zero-order valence-electron chi connectivity index (χ0n) is 14.5. The van der Waals surface area contributed by atoms with Crippen LogP contribution in [0.15, 0.2) is 18.2 Å². The first kappa shape index (κ1) is 17.5. The van der Waals surface area contributed by atoms with E-state index in [1.165, 1.54) is 6.07 Å². The molecule has 4 nitrogen and oxygen atoms in total. The molecule has 5 heteroatoms. The molecule has 0 saturated heterocycles. The molecule has 0 radical (unpaired) electrons. The van der Waals surface area contributed by atoms with E-state index in [9.17, 15) is 4.39 Å². The van der Waals surface area contributed by atoms with Crippen LogP contribution in [0.1, 0.15) is 38.6 Å². The summed E-state index contributed by atoms with van der Waals surface area (Å²) in [6.07, 6.45) is 0.820. The minimum atomic E-state index is -0.475. The van der Waals surface area contributed by atoms with Crippen molar-refractivity contribution in [1.29, 1.82) is 0 Å². The zero-order chi connectivity index (χ0) is 17.2. The lowest BCUT2D eigenvalue weighted by Gasteiger charge is -2.26. The molecule has 2 aromatic rings. The first-order chi connectivity index (χ1) is 10.7. The third-order valence-electron chi connectivity index (χ3n) is 3.78. The Morgan fingerprint density at radius 2 is 2.04 bits per heavy atom. The molecule has 0 aliphatic heterocycles. The molecule has 2 rings (SSSR count). The monoisotopic (exact) mass is 319 g/mol. The predicted octanol–water partition coefficient (Wildman–Crippen LogP) is 3.97. The van der Waals surface area contributed by atoms with Gasteiger partial charge in [-0.05, 0) is 50.8 Å². The number of aryl methyl sites for hydroxylation is 2. The van der Waals surface area contributed by atoms with Crippen molar-refractivity contribution in [3.8, 4) is 16.9 Å². The van der Waals surface area contributed by atoms with Crippen molar-refractivity contribution < 1.29 is 9.13 Å². The number of nitrogens with one attached hydrogen (secondary N) is 1. The van der Waals surface area contributed by atoms with Gasteiger partial charge in [-0.25, -0.2) is 4.39 Å².